The maximum absolute atomic E-state index is 11.7. The minimum absolute atomic E-state index is 0.263. The second-order valence-corrected chi connectivity index (χ2v) is 10.7. The second-order valence-electron chi connectivity index (χ2n) is 10.7. The van der Waals surface area contributed by atoms with Crippen LogP contribution < -0.4 is 16.0 Å². The molecule has 3 N–H and O–H groups in total. The molecule has 0 saturated heterocycles. The lowest BCUT2D eigenvalue weighted by Gasteiger charge is -2.37. The molecule has 0 heterocycles. The first-order chi connectivity index (χ1) is 13.4. The predicted molar refractivity (Wildman–Crippen MR) is 114 cm³/mol. The molecule has 0 atom stereocenters. The van der Waals surface area contributed by atoms with Gasteiger partial charge >= 0.3 is 12.2 Å². The van der Waals surface area contributed by atoms with Crippen LogP contribution in [0.5, 0.6) is 0 Å². The Morgan fingerprint density at radius 3 is 1.38 bits per heavy atom. The molecule has 2 fully saturated rings. The summed E-state index contributed by atoms with van der Waals surface area (Å²) in [6, 6.07) is 0.526. The standard InChI is InChI=1S/C22H41N3O4/c1-21(2,3)28-19(26)24-17-11-15(12-17)7-9-23-10-8-16-13-18(14-16)25-20(27)29-22(4,5)6/h15-18,23H,7-14H2,1-6H3,(H,24,26)(H,25,27). The summed E-state index contributed by atoms with van der Waals surface area (Å²) >= 11 is 0. The fraction of sp³-hybridized carbons (Fsp3) is 0.909. The highest BCUT2D eigenvalue weighted by Crippen LogP contribution is 2.31. The zero-order valence-corrected chi connectivity index (χ0v) is 19.1. The third kappa shape index (κ3) is 9.70. The van der Waals surface area contributed by atoms with E-state index in [4.69, 9.17) is 9.47 Å². The lowest BCUT2D eigenvalue weighted by atomic mass is 9.78. The first kappa shape index (κ1) is 23.8. The van der Waals surface area contributed by atoms with Crippen molar-refractivity contribution in [3.63, 3.8) is 0 Å². The van der Waals surface area contributed by atoms with Crippen LogP contribution in [0, 0.1) is 11.8 Å². The summed E-state index contributed by atoms with van der Waals surface area (Å²) in [5.41, 5.74) is -0.882. The van der Waals surface area contributed by atoms with Gasteiger partial charge in [0.1, 0.15) is 11.2 Å². The van der Waals surface area contributed by atoms with E-state index in [1.807, 2.05) is 41.5 Å². The van der Waals surface area contributed by atoms with Crippen molar-refractivity contribution in [1.82, 2.24) is 16.0 Å². The highest BCUT2D eigenvalue weighted by Gasteiger charge is 2.32. The largest absolute Gasteiger partial charge is 0.444 e. The van der Waals surface area contributed by atoms with E-state index in [9.17, 15) is 9.59 Å². The van der Waals surface area contributed by atoms with Gasteiger partial charge in [-0.25, -0.2) is 9.59 Å². The average molecular weight is 412 g/mol. The number of ether oxygens (including phenoxy) is 2. The number of carbonyl (C=O) groups is 2. The smallest absolute Gasteiger partial charge is 0.407 e. The zero-order valence-electron chi connectivity index (χ0n) is 19.1. The van der Waals surface area contributed by atoms with Crippen molar-refractivity contribution < 1.29 is 19.1 Å². The molecule has 7 heteroatoms. The van der Waals surface area contributed by atoms with E-state index in [1.165, 1.54) is 0 Å². The third-order valence-electron chi connectivity index (χ3n) is 5.37. The van der Waals surface area contributed by atoms with E-state index in [1.54, 1.807) is 0 Å². The van der Waals surface area contributed by atoms with Gasteiger partial charge in [0, 0.05) is 12.1 Å². The molecule has 0 aliphatic heterocycles. The molecule has 0 aromatic carbocycles. The Kier molecular flexibility index (Phi) is 8.20. The van der Waals surface area contributed by atoms with Gasteiger partial charge in [0.2, 0.25) is 0 Å². The topological polar surface area (TPSA) is 88.7 Å². The quantitative estimate of drug-likeness (QED) is 0.526. The fourth-order valence-electron chi connectivity index (χ4n) is 3.86. The molecule has 2 aliphatic rings. The molecule has 2 saturated carbocycles. The second kappa shape index (κ2) is 10.0. The fourth-order valence-corrected chi connectivity index (χ4v) is 3.86. The van der Waals surface area contributed by atoms with Crippen LogP contribution in [0.25, 0.3) is 0 Å². The van der Waals surface area contributed by atoms with E-state index in [0.717, 1.165) is 51.6 Å². The lowest BCUT2D eigenvalue weighted by Crippen LogP contribution is -2.47. The van der Waals surface area contributed by atoms with Crippen LogP contribution >= 0.6 is 0 Å². The Morgan fingerprint density at radius 2 is 1.07 bits per heavy atom. The van der Waals surface area contributed by atoms with Crippen LogP contribution in [0.4, 0.5) is 9.59 Å². The Morgan fingerprint density at radius 1 is 0.724 bits per heavy atom. The minimum atomic E-state index is -0.441. The minimum Gasteiger partial charge on any atom is -0.444 e. The molecular weight excluding hydrogens is 370 g/mol. The molecule has 2 rings (SSSR count). The summed E-state index contributed by atoms with van der Waals surface area (Å²) in [6.07, 6.45) is 5.87. The van der Waals surface area contributed by atoms with Gasteiger partial charge in [0.25, 0.3) is 0 Å². The van der Waals surface area contributed by atoms with Crippen molar-refractivity contribution in [2.45, 2.75) is 103 Å². The lowest BCUT2D eigenvalue weighted by molar-refractivity contribution is 0.0440. The molecule has 0 aromatic rings. The Labute approximate surface area is 176 Å². The molecule has 0 aromatic heterocycles. The molecule has 0 bridgehead atoms. The van der Waals surface area contributed by atoms with Gasteiger partial charge in [-0.05, 0) is 105 Å². The number of alkyl carbamates (subject to hydrolysis) is 2. The molecule has 29 heavy (non-hydrogen) atoms. The maximum atomic E-state index is 11.7. The number of hydrogen-bond acceptors (Lipinski definition) is 5. The molecule has 0 spiro atoms. The van der Waals surface area contributed by atoms with Crippen molar-refractivity contribution in [2.24, 2.45) is 11.8 Å². The van der Waals surface area contributed by atoms with Crippen LogP contribution in [0.2, 0.25) is 0 Å². The molecule has 0 unspecified atom stereocenters. The van der Waals surface area contributed by atoms with Crippen molar-refractivity contribution in [3.8, 4) is 0 Å². The summed E-state index contributed by atoms with van der Waals surface area (Å²) < 4.78 is 10.6. The summed E-state index contributed by atoms with van der Waals surface area (Å²) in [7, 11) is 0. The van der Waals surface area contributed by atoms with Gasteiger partial charge in [-0.3, -0.25) is 0 Å². The third-order valence-corrected chi connectivity index (χ3v) is 5.37. The average Bonchev–Trinajstić information content (AvgIpc) is 2.44. The molecule has 2 amide bonds. The molecule has 0 radical (unpaired) electrons. The van der Waals surface area contributed by atoms with Crippen LogP contribution in [0.1, 0.15) is 80.1 Å². The van der Waals surface area contributed by atoms with E-state index < -0.39 is 11.2 Å². The summed E-state index contributed by atoms with van der Waals surface area (Å²) in [5, 5.41) is 9.42. The molecular formula is C22H41N3O4. The van der Waals surface area contributed by atoms with Crippen molar-refractivity contribution in [2.75, 3.05) is 13.1 Å². The Hall–Kier alpha value is -1.50. The van der Waals surface area contributed by atoms with Crippen LogP contribution in [0.3, 0.4) is 0 Å². The van der Waals surface area contributed by atoms with Crippen LogP contribution in [0.15, 0.2) is 0 Å². The molecule has 7 nitrogen and oxygen atoms in total. The van der Waals surface area contributed by atoms with E-state index in [-0.39, 0.29) is 24.3 Å². The number of amides is 2. The number of hydrogen-bond donors (Lipinski definition) is 3. The van der Waals surface area contributed by atoms with Crippen LogP contribution in [-0.2, 0) is 9.47 Å². The van der Waals surface area contributed by atoms with Crippen molar-refractivity contribution >= 4 is 12.2 Å². The van der Waals surface area contributed by atoms with Gasteiger partial charge in [-0.1, -0.05) is 0 Å². The highest BCUT2D eigenvalue weighted by molar-refractivity contribution is 5.68. The monoisotopic (exact) mass is 411 g/mol. The van der Waals surface area contributed by atoms with E-state index in [2.05, 4.69) is 16.0 Å². The predicted octanol–water partition coefficient (Wildman–Crippen LogP) is 3.96. The SMILES string of the molecule is CC(C)(C)OC(=O)NC1CC(CCNCCC2CC(NC(=O)OC(C)(C)C)C2)C1. The summed E-state index contributed by atoms with van der Waals surface area (Å²) in [6.45, 7) is 13.3. The summed E-state index contributed by atoms with van der Waals surface area (Å²) in [4.78, 5) is 23.5. The number of rotatable bonds is 8. The van der Waals surface area contributed by atoms with E-state index in [0.29, 0.717) is 11.8 Å². The Balaban J connectivity index is 1.41. The Bertz CT molecular complexity index is 493. The first-order valence-corrected chi connectivity index (χ1v) is 11.1. The normalized spacial score (nSPS) is 26.7. The molecule has 2 aliphatic carbocycles. The summed E-state index contributed by atoms with van der Waals surface area (Å²) in [5.74, 6) is 1.38. The van der Waals surface area contributed by atoms with Gasteiger partial charge in [-0.15, -0.1) is 0 Å². The molecule has 168 valence electrons. The van der Waals surface area contributed by atoms with Crippen molar-refractivity contribution in [1.29, 1.82) is 0 Å². The maximum Gasteiger partial charge on any atom is 0.407 e. The first-order valence-electron chi connectivity index (χ1n) is 11.1. The number of nitrogens with one attached hydrogen (secondary N) is 3. The zero-order chi connectivity index (χ0) is 21.7. The van der Waals surface area contributed by atoms with Crippen molar-refractivity contribution in [3.05, 3.63) is 0 Å². The highest BCUT2D eigenvalue weighted by atomic mass is 16.6. The van der Waals surface area contributed by atoms with Gasteiger partial charge in [-0.2, -0.15) is 0 Å². The van der Waals surface area contributed by atoms with Crippen LogP contribution in [-0.4, -0.2) is 48.6 Å². The van der Waals surface area contributed by atoms with Gasteiger partial charge in [0.05, 0.1) is 0 Å². The van der Waals surface area contributed by atoms with Gasteiger partial charge in [0.15, 0.2) is 0 Å². The van der Waals surface area contributed by atoms with E-state index >= 15 is 0 Å². The van der Waals surface area contributed by atoms with Gasteiger partial charge < -0.3 is 25.4 Å². The number of carbonyl (C=O) groups excluding carboxylic acids is 2.